The summed E-state index contributed by atoms with van der Waals surface area (Å²) in [6, 6.07) is 0. The van der Waals surface area contributed by atoms with Crippen molar-refractivity contribution in [1.82, 2.24) is 9.97 Å². The van der Waals surface area contributed by atoms with Gasteiger partial charge in [-0.25, -0.2) is 15.8 Å². The van der Waals surface area contributed by atoms with Crippen molar-refractivity contribution in [3.05, 3.63) is 11.4 Å². The van der Waals surface area contributed by atoms with Crippen molar-refractivity contribution in [1.29, 1.82) is 0 Å². The minimum absolute atomic E-state index is 0.00869. The number of hydrogen-bond donors (Lipinski definition) is 3. The highest BCUT2D eigenvalue weighted by Crippen LogP contribution is 2.29. The number of aliphatic hydroxyl groups is 1. The second-order valence-corrected chi connectivity index (χ2v) is 6.36. The van der Waals surface area contributed by atoms with E-state index in [1.807, 2.05) is 6.92 Å². The lowest BCUT2D eigenvalue weighted by molar-refractivity contribution is 0.00331. The molecule has 21 heavy (non-hydrogen) atoms. The molecule has 0 radical (unpaired) electrons. The monoisotopic (exact) mass is 295 g/mol. The third kappa shape index (κ3) is 3.42. The number of aliphatic hydroxyl groups excluding tert-OH is 1. The molecule has 1 fully saturated rings. The average Bonchev–Trinajstić information content (AvgIpc) is 2.46. The molecular formula is C14H25N5O2. The number of nitrogens with zero attached hydrogens (tertiary/aromatic N) is 3. The number of nitrogen functional groups attached to an aromatic ring is 1. The molecule has 1 atom stereocenters. The Kier molecular flexibility index (Phi) is 4.65. The fourth-order valence-corrected chi connectivity index (χ4v) is 2.31. The number of nitrogens with two attached hydrogens (primary N) is 1. The van der Waals surface area contributed by atoms with E-state index in [-0.39, 0.29) is 18.1 Å². The topological polar surface area (TPSA) is 96.5 Å². The first-order chi connectivity index (χ1) is 9.86. The summed E-state index contributed by atoms with van der Waals surface area (Å²) in [6.07, 6.45) is -0.180. The summed E-state index contributed by atoms with van der Waals surface area (Å²) in [5.74, 6) is 7.82. The lowest BCUT2D eigenvalue weighted by Gasteiger charge is -2.34. The van der Waals surface area contributed by atoms with E-state index in [9.17, 15) is 5.11 Å². The molecule has 1 aromatic rings. The Bertz CT molecular complexity index is 501. The third-order valence-corrected chi connectivity index (χ3v) is 3.57. The van der Waals surface area contributed by atoms with Crippen molar-refractivity contribution in [3.8, 4) is 0 Å². The summed E-state index contributed by atoms with van der Waals surface area (Å²) in [6.45, 7) is 10.1. The largest absolute Gasteiger partial charge is 0.394 e. The number of anilines is 2. The maximum Gasteiger partial charge on any atom is 0.148 e. The van der Waals surface area contributed by atoms with E-state index >= 15 is 0 Å². The first kappa shape index (κ1) is 15.9. The Balaban J connectivity index is 2.41. The predicted octanol–water partition coefficient (Wildman–Crippen LogP) is 0.566. The Morgan fingerprint density at radius 1 is 1.43 bits per heavy atom. The molecule has 4 N–H and O–H groups in total. The van der Waals surface area contributed by atoms with Crippen molar-refractivity contribution < 1.29 is 9.84 Å². The zero-order chi connectivity index (χ0) is 15.6. The Labute approximate surface area is 125 Å². The van der Waals surface area contributed by atoms with Crippen molar-refractivity contribution >= 4 is 11.6 Å². The molecular weight excluding hydrogens is 270 g/mol. The summed E-state index contributed by atoms with van der Waals surface area (Å²) >= 11 is 0. The molecule has 2 heterocycles. The van der Waals surface area contributed by atoms with Gasteiger partial charge in [-0.2, -0.15) is 0 Å². The molecule has 0 saturated carbocycles. The molecule has 0 spiro atoms. The van der Waals surface area contributed by atoms with Crippen LogP contribution in [-0.4, -0.2) is 47.5 Å². The Morgan fingerprint density at radius 3 is 2.71 bits per heavy atom. The van der Waals surface area contributed by atoms with Crippen molar-refractivity contribution in [2.45, 2.75) is 39.2 Å². The summed E-state index contributed by atoms with van der Waals surface area (Å²) in [5.41, 5.74) is 3.39. The standard InChI is InChI=1S/C14H25N5O2/c1-9-11(18-15)16-13(14(2,3)4)17-12(9)19-5-6-21-10(7-19)8-20/h10,20H,5-8,15H2,1-4H3,(H,16,17,18). The molecule has 0 bridgehead atoms. The van der Waals surface area contributed by atoms with Crippen molar-refractivity contribution in [3.63, 3.8) is 0 Å². The molecule has 0 aliphatic carbocycles. The number of nitrogens with one attached hydrogen (secondary N) is 1. The summed E-state index contributed by atoms with van der Waals surface area (Å²) in [7, 11) is 0. The highest BCUT2D eigenvalue weighted by atomic mass is 16.5. The van der Waals surface area contributed by atoms with Crippen LogP contribution in [0.3, 0.4) is 0 Å². The van der Waals surface area contributed by atoms with Gasteiger partial charge in [0, 0.05) is 24.1 Å². The number of aromatic nitrogens is 2. The molecule has 1 saturated heterocycles. The van der Waals surface area contributed by atoms with Gasteiger partial charge in [0.15, 0.2) is 0 Å². The van der Waals surface area contributed by atoms with E-state index in [2.05, 4.69) is 36.1 Å². The van der Waals surface area contributed by atoms with Gasteiger partial charge in [-0.1, -0.05) is 20.8 Å². The van der Waals surface area contributed by atoms with Gasteiger partial charge < -0.3 is 20.2 Å². The molecule has 7 nitrogen and oxygen atoms in total. The maximum atomic E-state index is 9.29. The zero-order valence-corrected chi connectivity index (χ0v) is 13.2. The van der Waals surface area contributed by atoms with Crippen LogP contribution in [0.2, 0.25) is 0 Å². The minimum atomic E-state index is -0.180. The first-order valence-corrected chi connectivity index (χ1v) is 7.20. The SMILES string of the molecule is Cc1c(NN)nc(C(C)(C)C)nc1N1CCOC(CO)C1. The van der Waals surface area contributed by atoms with Crippen LogP contribution in [0.15, 0.2) is 0 Å². The fourth-order valence-electron chi connectivity index (χ4n) is 2.31. The Morgan fingerprint density at radius 2 is 2.14 bits per heavy atom. The summed E-state index contributed by atoms with van der Waals surface area (Å²) in [4.78, 5) is 11.4. The van der Waals surface area contributed by atoms with Crippen LogP contribution in [0.1, 0.15) is 32.2 Å². The van der Waals surface area contributed by atoms with Crippen LogP contribution >= 0.6 is 0 Å². The van der Waals surface area contributed by atoms with Crippen LogP contribution in [0.5, 0.6) is 0 Å². The molecule has 118 valence electrons. The van der Waals surface area contributed by atoms with Gasteiger partial charge in [0.1, 0.15) is 17.5 Å². The molecule has 1 aliphatic heterocycles. The van der Waals surface area contributed by atoms with Gasteiger partial charge >= 0.3 is 0 Å². The number of hydrogen-bond acceptors (Lipinski definition) is 7. The summed E-state index contributed by atoms with van der Waals surface area (Å²) in [5, 5.41) is 9.29. The minimum Gasteiger partial charge on any atom is -0.394 e. The summed E-state index contributed by atoms with van der Waals surface area (Å²) < 4.78 is 5.50. The lowest BCUT2D eigenvalue weighted by atomic mass is 9.95. The molecule has 1 aromatic heterocycles. The van der Waals surface area contributed by atoms with Gasteiger partial charge in [0.2, 0.25) is 0 Å². The first-order valence-electron chi connectivity index (χ1n) is 7.20. The second-order valence-electron chi connectivity index (χ2n) is 6.36. The lowest BCUT2D eigenvalue weighted by Crippen LogP contribution is -2.45. The average molecular weight is 295 g/mol. The second kappa shape index (κ2) is 6.13. The molecule has 1 unspecified atom stereocenters. The normalized spacial score (nSPS) is 19.7. The maximum absolute atomic E-state index is 9.29. The van der Waals surface area contributed by atoms with Gasteiger partial charge in [-0.05, 0) is 6.92 Å². The number of morpholine rings is 1. The van der Waals surface area contributed by atoms with Gasteiger partial charge in [-0.3, -0.25) is 0 Å². The van der Waals surface area contributed by atoms with Crippen molar-refractivity contribution in [2.24, 2.45) is 5.84 Å². The van der Waals surface area contributed by atoms with Gasteiger partial charge in [0.05, 0.1) is 19.3 Å². The predicted molar refractivity (Wildman–Crippen MR) is 82.3 cm³/mol. The highest BCUT2D eigenvalue weighted by Gasteiger charge is 2.26. The number of ether oxygens (including phenoxy) is 1. The van der Waals surface area contributed by atoms with Gasteiger partial charge in [-0.15, -0.1) is 0 Å². The quantitative estimate of drug-likeness (QED) is 0.554. The van der Waals surface area contributed by atoms with Crippen LogP contribution in [-0.2, 0) is 10.2 Å². The number of rotatable bonds is 3. The van der Waals surface area contributed by atoms with E-state index in [4.69, 9.17) is 15.6 Å². The number of hydrazine groups is 1. The van der Waals surface area contributed by atoms with Crippen LogP contribution in [0.25, 0.3) is 0 Å². The molecule has 2 rings (SSSR count). The molecule has 0 amide bonds. The molecule has 7 heteroatoms. The van der Waals surface area contributed by atoms with E-state index in [0.29, 0.717) is 19.0 Å². The van der Waals surface area contributed by atoms with Gasteiger partial charge in [0.25, 0.3) is 0 Å². The van der Waals surface area contributed by atoms with Crippen LogP contribution in [0, 0.1) is 6.92 Å². The van der Waals surface area contributed by atoms with E-state index in [1.54, 1.807) is 0 Å². The molecule has 1 aliphatic rings. The van der Waals surface area contributed by atoms with E-state index in [0.717, 1.165) is 23.8 Å². The molecule has 0 aromatic carbocycles. The zero-order valence-electron chi connectivity index (χ0n) is 13.2. The Hall–Kier alpha value is -1.44. The van der Waals surface area contributed by atoms with Crippen LogP contribution < -0.4 is 16.2 Å². The van der Waals surface area contributed by atoms with Crippen LogP contribution in [0.4, 0.5) is 11.6 Å². The fraction of sp³-hybridized carbons (Fsp3) is 0.714. The van der Waals surface area contributed by atoms with Crippen molar-refractivity contribution in [2.75, 3.05) is 36.6 Å². The highest BCUT2D eigenvalue weighted by molar-refractivity contribution is 5.58. The van der Waals surface area contributed by atoms with E-state index < -0.39 is 0 Å². The smallest absolute Gasteiger partial charge is 0.148 e. The third-order valence-electron chi connectivity index (χ3n) is 3.57. The van der Waals surface area contributed by atoms with E-state index in [1.165, 1.54) is 0 Å².